The first-order valence-electron chi connectivity index (χ1n) is 9.18. The summed E-state index contributed by atoms with van der Waals surface area (Å²) in [5, 5.41) is 3.95. The molecule has 0 saturated carbocycles. The summed E-state index contributed by atoms with van der Waals surface area (Å²) in [6.07, 6.45) is 2.86. The predicted octanol–water partition coefficient (Wildman–Crippen LogP) is 4.46. The van der Waals surface area contributed by atoms with Gasteiger partial charge in [-0.25, -0.2) is 8.42 Å². The van der Waals surface area contributed by atoms with Crippen LogP contribution in [0, 0.1) is 0 Å². The van der Waals surface area contributed by atoms with Crippen LogP contribution in [0.15, 0.2) is 58.5 Å². The Balaban J connectivity index is 1.79. The molecular weight excluding hydrogens is 520 g/mol. The second-order valence-corrected chi connectivity index (χ2v) is 11.5. The lowest BCUT2D eigenvalue weighted by Gasteiger charge is -2.27. The number of methoxy groups -OCH3 is 1. The Hall–Kier alpha value is -2.21. The molecule has 0 radical (unpaired) electrons. The van der Waals surface area contributed by atoms with E-state index in [1.165, 1.54) is 7.11 Å². The third-order valence-electron chi connectivity index (χ3n) is 4.74. The van der Waals surface area contributed by atoms with E-state index in [2.05, 4.69) is 37.0 Å². The summed E-state index contributed by atoms with van der Waals surface area (Å²) >= 11 is 10.9. The second kappa shape index (κ2) is 8.73. The van der Waals surface area contributed by atoms with Gasteiger partial charge in [0.05, 0.1) is 40.6 Å². The maximum absolute atomic E-state index is 11.7. The van der Waals surface area contributed by atoms with Crippen LogP contribution in [0.3, 0.4) is 0 Å². The maximum atomic E-state index is 11.7. The van der Waals surface area contributed by atoms with Crippen molar-refractivity contribution in [1.82, 2.24) is 10.3 Å². The first kappa shape index (κ1) is 22.0. The third kappa shape index (κ3) is 4.69. The predicted molar refractivity (Wildman–Crippen MR) is 131 cm³/mol. The van der Waals surface area contributed by atoms with E-state index in [-0.39, 0.29) is 12.1 Å². The van der Waals surface area contributed by atoms with Gasteiger partial charge in [-0.05, 0) is 64.5 Å². The van der Waals surface area contributed by atoms with Crippen LogP contribution in [0.2, 0.25) is 0 Å². The van der Waals surface area contributed by atoms with Crippen molar-refractivity contribution in [2.45, 2.75) is 12.1 Å². The molecular formula is C20H19BrN4O3S3. The Morgan fingerprint density at radius 1 is 1.26 bits per heavy atom. The number of aromatic nitrogens is 1. The van der Waals surface area contributed by atoms with Crippen LogP contribution in [-0.2, 0) is 10.0 Å². The maximum Gasteiger partial charge on any atom is 0.229 e. The number of benzene rings is 1. The molecule has 1 aliphatic heterocycles. The number of anilines is 2. The zero-order valence-electron chi connectivity index (χ0n) is 16.6. The lowest BCUT2D eigenvalue weighted by Crippen LogP contribution is -2.29. The van der Waals surface area contributed by atoms with E-state index in [0.717, 1.165) is 26.3 Å². The Morgan fingerprint density at radius 3 is 2.68 bits per heavy atom. The Bertz CT molecular complexity index is 1220. The van der Waals surface area contributed by atoms with Crippen molar-refractivity contribution in [3.63, 3.8) is 0 Å². The van der Waals surface area contributed by atoms with Crippen molar-refractivity contribution in [3.05, 3.63) is 69.1 Å². The quantitative estimate of drug-likeness (QED) is 0.448. The minimum Gasteiger partial charge on any atom is -0.494 e. The van der Waals surface area contributed by atoms with Gasteiger partial charge in [0.15, 0.2) is 5.11 Å². The first-order valence-corrected chi connectivity index (χ1v) is 13.1. The van der Waals surface area contributed by atoms with Crippen LogP contribution >= 0.6 is 39.5 Å². The molecule has 1 aliphatic rings. The molecule has 2 atom stereocenters. The molecule has 1 fully saturated rings. The monoisotopic (exact) mass is 538 g/mol. The number of halogens is 1. The third-order valence-corrected chi connectivity index (χ3v) is 7.34. The zero-order valence-corrected chi connectivity index (χ0v) is 20.6. The Labute approximate surface area is 198 Å². The average molecular weight is 540 g/mol. The fraction of sp³-hybridized carbons (Fsp3) is 0.200. The van der Waals surface area contributed by atoms with Crippen molar-refractivity contribution in [3.8, 4) is 5.75 Å². The summed E-state index contributed by atoms with van der Waals surface area (Å²) < 4.78 is 32.3. The highest BCUT2D eigenvalue weighted by atomic mass is 79.9. The van der Waals surface area contributed by atoms with E-state index >= 15 is 0 Å². The van der Waals surface area contributed by atoms with Crippen LogP contribution in [0.4, 0.5) is 11.4 Å². The van der Waals surface area contributed by atoms with Crippen molar-refractivity contribution in [2.75, 3.05) is 23.0 Å². The van der Waals surface area contributed by atoms with Crippen LogP contribution < -0.4 is 19.7 Å². The van der Waals surface area contributed by atoms with E-state index in [1.807, 2.05) is 35.2 Å². The van der Waals surface area contributed by atoms with Gasteiger partial charge in [0.25, 0.3) is 0 Å². The average Bonchev–Trinajstić information content (AvgIpc) is 3.30. The highest BCUT2D eigenvalue weighted by Gasteiger charge is 2.41. The molecule has 0 unspecified atom stereocenters. The number of ether oxygens (including phenoxy) is 1. The number of thiocarbonyl (C=S) groups is 1. The molecule has 0 amide bonds. The largest absolute Gasteiger partial charge is 0.494 e. The van der Waals surface area contributed by atoms with Crippen LogP contribution in [0.25, 0.3) is 0 Å². The van der Waals surface area contributed by atoms with Gasteiger partial charge in [-0.15, -0.1) is 11.3 Å². The Kier molecular flexibility index (Phi) is 6.20. The number of pyridine rings is 1. The number of nitrogens with one attached hydrogen (secondary N) is 2. The summed E-state index contributed by atoms with van der Waals surface area (Å²) in [6, 6.07) is 14.8. The minimum atomic E-state index is -3.44. The van der Waals surface area contributed by atoms with Crippen LogP contribution in [-0.4, -0.2) is 31.9 Å². The molecule has 7 nitrogen and oxygen atoms in total. The van der Waals surface area contributed by atoms with Gasteiger partial charge in [-0.2, -0.15) is 0 Å². The lowest BCUT2D eigenvalue weighted by molar-refractivity contribution is 0.417. The van der Waals surface area contributed by atoms with Crippen LogP contribution in [0.1, 0.15) is 22.7 Å². The molecule has 11 heteroatoms. The van der Waals surface area contributed by atoms with Gasteiger partial charge < -0.3 is 15.0 Å². The molecule has 31 heavy (non-hydrogen) atoms. The summed E-state index contributed by atoms with van der Waals surface area (Å²) in [5.41, 5.74) is 2.02. The number of nitrogens with zero attached hydrogens (tertiary/aromatic N) is 2. The van der Waals surface area contributed by atoms with E-state index < -0.39 is 10.0 Å². The molecule has 0 aliphatic carbocycles. The highest BCUT2D eigenvalue weighted by molar-refractivity contribution is 9.11. The molecule has 0 spiro atoms. The van der Waals surface area contributed by atoms with E-state index in [0.29, 0.717) is 16.5 Å². The van der Waals surface area contributed by atoms with E-state index in [1.54, 1.807) is 29.7 Å². The van der Waals surface area contributed by atoms with E-state index in [9.17, 15) is 8.42 Å². The van der Waals surface area contributed by atoms with Crippen molar-refractivity contribution < 1.29 is 13.2 Å². The van der Waals surface area contributed by atoms with Crippen LogP contribution in [0.5, 0.6) is 5.75 Å². The summed E-state index contributed by atoms with van der Waals surface area (Å²) in [4.78, 5) is 7.65. The van der Waals surface area contributed by atoms with Crippen molar-refractivity contribution >= 4 is 66.0 Å². The smallest absolute Gasteiger partial charge is 0.229 e. The number of sulfonamides is 1. The molecule has 3 aromatic rings. The molecule has 4 rings (SSSR count). The number of hydrogen-bond acceptors (Lipinski definition) is 6. The standard InChI is InChI=1S/C20H19BrN4O3S3/c1-28-15-11-12(6-7-13(15)24-31(2,26)27)25-19(16-8-9-17(21)30-16)18(23-20(25)29)14-5-3-4-10-22-14/h3-11,18-19,24H,1-2H3,(H,23,29)/t18-,19+/m0/s1. The summed E-state index contributed by atoms with van der Waals surface area (Å²) in [5.74, 6) is 0.401. The minimum absolute atomic E-state index is 0.142. The number of thiophene rings is 1. The van der Waals surface area contributed by atoms with E-state index in [4.69, 9.17) is 17.0 Å². The molecule has 162 valence electrons. The fourth-order valence-corrected chi connectivity index (χ4v) is 5.99. The molecule has 1 saturated heterocycles. The zero-order chi connectivity index (χ0) is 22.2. The fourth-order valence-electron chi connectivity index (χ4n) is 3.52. The summed E-state index contributed by atoms with van der Waals surface area (Å²) in [6.45, 7) is 0. The first-order chi connectivity index (χ1) is 14.8. The normalized spacial score (nSPS) is 18.7. The molecule has 1 aromatic carbocycles. The highest BCUT2D eigenvalue weighted by Crippen LogP contribution is 2.45. The molecule has 2 N–H and O–H groups in total. The van der Waals surface area contributed by atoms with Gasteiger partial charge in [-0.1, -0.05) is 6.07 Å². The second-order valence-electron chi connectivity index (χ2n) is 6.90. The molecule has 2 aromatic heterocycles. The van der Waals surface area contributed by atoms with Gasteiger partial charge in [0.2, 0.25) is 10.0 Å². The topological polar surface area (TPSA) is 83.6 Å². The van der Waals surface area contributed by atoms with Crippen molar-refractivity contribution in [1.29, 1.82) is 0 Å². The Morgan fingerprint density at radius 2 is 2.06 bits per heavy atom. The van der Waals surface area contributed by atoms with Gasteiger partial charge in [0.1, 0.15) is 5.75 Å². The summed E-state index contributed by atoms with van der Waals surface area (Å²) in [7, 11) is -1.94. The lowest BCUT2D eigenvalue weighted by atomic mass is 10.0. The van der Waals surface area contributed by atoms with Gasteiger partial charge >= 0.3 is 0 Å². The SMILES string of the molecule is COc1cc(N2C(=S)N[C@@H](c3ccccn3)[C@H]2c2ccc(Br)s2)ccc1NS(C)(=O)=O. The number of hydrogen-bond donors (Lipinski definition) is 2. The van der Waals surface area contributed by atoms with Gasteiger partial charge in [0, 0.05) is 22.8 Å². The van der Waals surface area contributed by atoms with Gasteiger partial charge in [-0.3, -0.25) is 9.71 Å². The molecule has 0 bridgehead atoms. The molecule has 3 heterocycles. The van der Waals surface area contributed by atoms with Crippen molar-refractivity contribution in [2.24, 2.45) is 0 Å². The number of rotatable bonds is 6.